The number of hydrogen-bond donors (Lipinski definition) is 1. The summed E-state index contributed by atoms with van der Waals surface area (Å²) in [4.78, 5) is 14.6. The monoisotopic (exact) mass is 240 g/mol. The average molecular weight is 240 g/mol. The van der Waals surface area contributed by atoms with Crippen molar-refractivity contribution in [1.29, 1.82) is 0 Å². The van der Waals surface area contributed by atoms with Crippen LogP contribution in [0.4, 0.5) is 0 Å². The third kappa shape index (κ3) is 3.21. The van der Waals surface area contributed by atoms with E-state index < -0.39 is 0 Å². The van der Waals surface area contributed by atoms with E-state index in [2.05, 4.69) is 27.7 Å². The fourth-order valence-electron chi connectivity index (χ4n) is 2.98. The van der Waals surface area contributed by atoms with Crippen LogP contribution in [0, 0.1) is 11.8 Å². The van der Waals surface area contributed by atoms with Crippen molar-refractivity contribution >= 4 is 5.91 Å². The Bertz CT molecular complexity index is 245. The van der Waals surface area contributed by atoms with Gasteiger partial charge in [-0.15, -0.1) is 0 Å². The van der Waals surface area contributed by atoms with Crippen LogP contribution in [0.25, 0.3) is 0 Å². The van der Waals surface area contributed by atoms with Gasteiger partial charge in [-0.05, 0) is 39.0 Å². The predicted octanol–water partition coefficient (Wildman–Crippen LogP) is 2.40. The zero-order valence-electron chi connectivity index (χ0n) is 11.8. The molecule has 1 aliphatic rings. The second kappa shape index (κ2) is 6.39. The van der Waals surface area contributed by atoms with Crippen LogP contribution in [0.5, 0.6) is 0 Å². The molecule has 100 valence electrons. The molecule has 17 heavy (non-hydrogen) atoms. The quantitative estimate of drug-likeness (QED) is 0.820. The van der Waals surface area contributed by atoms with Gasteiger partial charge in [-0.2, -0.15) is 0 Å². The molecule has 4 atom stereocenters. The standard InChI is InChI=1S/C14H28N2O/c1-5-11(4)16(6-2)14(17)13-10(3)8-7-9-12(13)15/h10-13H,5-9,15H2,1-4H3. The van der Waals surface area contributed by atoms with E-state index in [9.17, 15) is 4.79 Å². The van der Waals surface area contributed by atoms with Gasteiger partial charge in [-0.3, -0.25) is 4.79 Å². The summed E-state index contributed by atoms with van der Waals surface area (Å²) in [5, 5.41) is 0. The Kier molecular flexibility index (Phi) is 5.44. The SMILES string of the molecule is CCC(C)N(CC)C(=O)C1C(C)CCCC1N. The summed E-state index contributed by atoms with van der Waals surface area (Å²) in [6.45, 7) is 9.28. The zero-order chi connectivity index (χ0) is 13.0. The third-order valence-electron chi connectivity index (χ3n) is 4.30. The summed E-state index contributed by atoms with van der Waals surface area (Å²) >= 11 is 0. The van der Waals surface area contributed by atoms with Crippen LogP contribution in [-0.2, 0) is 4.79 Å². The first-order valence-corrected chi connectivity index (χ1v) is 7.08. The van der Waals surface area contributed by atoms with Crippen LogP contribution in [0.15, 0.2) is 0 Å². The Balaban J connectivity index is 2.77. The van der Waals surface area contributed by atoms with Crippen molar-refractivity contribution in [3.8, 4) is 0 Å². The number of hydrogen-bond acceptors (Lipinski definition) is 2. The van der Waals surface area contributed by atoms with E-state index in [-0.39, 0.29) is 17.9 Å². The van der Waals surface area contributed by atoms with Crippen molar-refractivity contribution in [3.63, 3.8) is 0 Å². The molecule has 3 nitrogen and oxygen atoms in total. The van der Waals surface area contributed by atoms with Crippen molar-refractivity contribution in [2.24, 2.45) is 17.6 Å². The lowest BCUT2D eigenvalue weighted by atomic mass is 9.76. The minimum absolute atomic E-state index is 0.0395. The lowest BCUT2D eigenvalue weighted by Crippen LogP contribution is -2.51. The molecule has 1 aliphatic carbocycles. The Labute approximate surface area is 106 Å². The van der Waals surface area contributed by atoms with E-state index in [0.29, 0.717) is 12.0 Å². The zero-order valence-corrected chi connectivity index (χ0v) is 11.8. The van der Waals surface area contributed by atoms with E-state index in [1.165, 1.54) is 6.42 Å². The molecule has 0 heterocycles. The molecule has 0 aromatic rings. The van der Waals surface area contributed by atoms with Gasteiger partial charge < -0.3 is 10.6 Å². The summed E-state index contributed by atoms with van der Waals surface area (Å²) in [5.74, 6) is 0.753. The van der Waals surface area contributed by atoms with Crippen molar-refractivity contribution < 1.29 is 4.79 Å². The van der Waals surface area contributed by atoms with E-state index in [1.54, 1.807) is 0 Å². The Morgan fingerprint density at radius 1 is 1.41 bits per heavy atom. The molecule has 0 aromatic carbocycles. The van der Waals surface area contributed by atoms with Gasteiger partial charge in [0.05, 0.1) is 5.92 Å². The van der Waals surface area contributed by atoms with Crippen LogP contribution in [0.1, 0.15) is 53.4 Å². The number of carbonyl (C=O) groups is 1. The number of carbonyl (C=O) groups excluding carboxylic acids is 1. The molecule has 1 saturated carbocycles. The predicted molar refractivity (Wildman–Crippen MR) is 71.6 cm³/mol. The molecule has 3 heteroatoms. The lowest BCUT2D eigenvalue weighted by molar-refractivity contribution is -0.140. The van der Waals surface area contributed by atoms with Crippen molar-refractivity contribution in [2.45, 2.75) is 65.5 Å². The van der Waals surface area contributed by atoms with Gasteiger partial charge in [-0.1, -0.05) is 20.3 Å². The molecule has 0 spiro atoms. The summed E-state index contributed by atoms with van der Waals surface area (Å²) in [7, 11) is 0. The van der Waals surface area contributed by atoms with E-state index in [0.717, 1.165) is 25.8 Å². The van der Waals surface area contributed by atoms with Gasteiger partial charge >= 0.3 is 0 Å². The molecule has 0 aliphatic heterocycles. The van der Waals surface area contributed by atoms with Crippen molar-refractivity contribution in [1.82, 2.24) is 4.90 Å². The maximum absolute atomic E-state index is 12.6. The summed E-state index contributed by atoms with van der Waals surface area (Å²) < 4.78 is 0. The Morgan fingerprint density at radius 3 is 2.53 bits per heavy atom. The molecule has 1 fully saturated rings. The van der Waals surface area contributed by atoms with E-state index >= 15 is 0 Å². The number of amides is 1. The van der Waals surface area contributed by atoms with Crippen LogP contribution in [-0.4, -0.2) is 29.4 Å². The number of nitrogens with zero attached hydrogens (tertiary/aromatic N) is 1. The molecular weight excluding hydrogens is 212 g/mol. The summed E-state index contributed by atoms with van der Waals surface area (Å²) in [6, 6.07) is 0.387. The van der Waals surface area contributed by atoms with Gasteiger partial charge in [0.15, 0.2) is 0 Å². The highest BCUT2D eigenvalue weighted by Gasteiger charge is 2.36. The van der Waals surface area contributed by atoms with Gasteiger partial charge in [0.1, 0.15) is 0 Å². The largest absolute Gasteiger partial charge is 0.340 e. The smallest absolute Gasteiger partial charge is 0.227 e. The second-order valence-corrected chi connectivity index (χ2v) is 5.48. The van der Waals surface area contributed by atoms with Gasteiger partial charge in [-0.25, -0.2) is 0 Å². The minimum atomic E-state index is 0.0395. The molecule has 0 saturated heterocycles. The van der Waals surface area contributed by atoms with Gasteiger partial charge in [0.25, 0.3) is 0 Å². The molecule has 1 rings (SSSR count). The Hall–Kier alpha value is -0.570. The maximum Gasteiger partial charge on any atom is 0.227 e. The highest BCUT2D eigenvalue weighted by atomic mass is 16.2. The minimum Gasteiger partial charge on any atom is -0.340 e. The van der Waals surface area contributed by atoms with Gasteiger partial charge in [0, 0.05) is 18.6 Å². The van der Waals surface area contributed by atoms with Crippen LogP contribution in [0.3, 0.4) is 0 Å². The molecule has 0 radical (unpaired) electrons. The first-order valence-electron chi connectivity index (χ1n) is 7.08. The number of nitrogens with two attached hydrogens (primary N) is 1. The first-order chi connectivity index (χ1) is 8.02. The fourth-order valence-corrected chi connectivity index (χ4v) is 2.98. The van der Waals surface area contributed by atoms with Crippen molar-refractivity contribution in [3.05, 3.63) is 0 Å². The lowest BCUT2D eigenvalue weighted by Gasteiger charge is -2.38. The van der Waals surface area contributed by atoms with Crippen LogP contribution < -0.4 is 5.73 Å². The normalized spacial score (nSPS) is 31.0. The topological polar surface area (TPSA) is 46.3 Å². The third-order valence-corrected chi connectivity index (χ3v) is 4.30. The maximum atomic E-state index is 12.6. The average Bonchev–Trinajstić information content (AvgIpc) is 2.29. The molecule has 0 bridgehead atoms. The van der Waals surface area contributed by atoms with Crippen LogP contribution in [0.2, 0.25) is 0 Å². The number of rotatable bonds is 4. The molecule has 0 aromatic heterocycles. The highest BCUT2D eigenvalue weighted by molar-refractivity contribution is 5.80. The van der Waals surface area contributed by atoms with Crippen LogP contribution >= 0.6 is 0 Å². The molecule has 1 amide bonds. The van der Waals surface area contributed by atoms with Crippen molar-refractivity contribution in [2.75, 3.05) is 6.54 Å². The molecule has 2 N–H and O–H groups in total. The molecule has 4 unspecified atom stereocenters. The summed E-state index contributed by atoms with van der Waals surface area (Å²) in [5.41, 5.74) is 6.16. The first kappa shape index (κ1) is 14.5. The fraction of sp³-hybridized carbons (Fsp3) is 0.929. The van der Waals surface area contributed by atoms with E-state index in [1.807, 2.05) is 4.90 Å². The van der Waals surface area contributed by atoms with E-state index in [4.69, 9.17) is 5.73 Å². The summed E-state index contributed by atoms with van der Waals surface area (Å²) in [6.07, 6.45) is 4.32. The molecular formula is C14H28N2O. The van der Waals surface area contributed by atoms with Gasteiger partial charge in [0.2, 0.25) is 5.91 Å². The highest BCUT2D eigenvalue weighted by Crippen LogP contribution is 2.31. The second-order valence-electron chi connectivity index (χ2n) is 5.48. The Morgan fingerprint density at radius 2 is 2.06 bits per heavy atom.